The molecule has 8 rings (SSSR count). The van der Waals surface area contributed by atoms with E-state index in [4.69, 9.17) is 4.74 Å². The van der Waals surface area contributed by atoms with E-state index in [1.54, 1.807) is 18.1 Å². The SMILES string of the molecule is C[C@H](CC[C@H](O)[C@](C)(O)COC(=O)[C@@H](C)CC(=O)C[C@@H](C)[C@H]1C[C@@H](O)[C@@]2(C)C3=C(C(=O)C[C@]12C)[C@@]1(C)CC[C@@H](O)C(C)(C)[C@@H]1CC3=O)[C@H]1CC[C@@]2(C)C3=C(CC[C@]12C)[C@@]1(C)CCC(=O)C(C)(C)[C@@H]1CC3. The highest BCUT2D eigenvalue weighted by molar-refractivity contribution is 6.11. The topological polar surface area (TPSA) is 175 Å². The van der Waals surface area contributed by atoms with Crippen LogP contribution in [-0.4, -0.2) is 80.0 Å². The van der Waals surface area contributed by atoms with Gasteiger partial charge in [0.25, 0.3) is 0 Å². The second-order valence-electron chi connectivity index (χ2n) is 28.2. The monoisotopic (exact) mass is 973 g/mol. The first-order valence-corrected chi connectivity index (χ1v) is 27.7. The van der Waals surface area contributed by atoms with Gasteiger partial charge in [-0.2, -0.15) is 0 Å². The first-order chi connectivity index (χ1) is 32.2. The summed E-state index contributed by atoms with van der Waals surface area (Å²) in [7, 11) is 0. The quantitative estimate of drug-likeness (QED) is 0.103. The van der Waals surface area contributed by atoms with Crippen LogP contribution in [0.5, 0.6) is 0 Å². The van der Waals surface area contributed by atoms with Gasteiger partial charge in [0.05, 0.1) is 24.2 Å². The molecule has 0 saturated heterocycles. The normalized spacial score (nSPS) is 43.4. The van der Waals surface area contributed by atoms with Crippen LogP contribution < -0.4 is 0 Å². The summed E-state index contributed by atoms with van der Waals surface area (Å²) in [6.07, 6.45) is 8.74. The highest BCUT2D eigenvalue weighted by Crippen LogP contribution is 2.74. The number of hydrogen-bond acceptors (Lipinski definition) is 10. The van der Waals surface area contributed by atoms with E-state index >= 15 is 0 Å². The minimum Gasteiger partial charge on any atom is -0.462 e. The molecule has 70 heavy (non-hydrogen) atoms. The summed E-state index contributed by atoms with van der Waals surface area (Å²) in [5.74, 6) is -0.797. The van der Waals surface area contributed by atoms with Gasteiger partial charge in [-0.15, -0.1) is 0 Å². The Morgan fingerprint density at radius 1 is 0.700 bits per heavy atom. The highest BCUT2D eigenvalue weighted by Gasteiger charge is 2.70. The van der Waals surface area contributed by atoms with Crippen molar-refractivity contribution < 1.29 is 49.1 Å². The third kappa shape index (κ3) is 7.66. The molecule has 0 radical (unpaired) electrons. The Bertz CT molecular complexity index is 2250. The second kappa shape index (κ2) is 17.5. The molecule has 0 bridgehead atoms. The molecule has 10 heteroatoms. The maximum absolute atomic E-state index is 14.5. The number of ether oxygens (including phenoxy) is 1. The second-order valence-corrected chi connectivity index (χ2v) is 28.2. The van der Waals surface area contributed by atoms with Gasteiger partial charge in [-0.05, 0) is 147 Å². The van der Waals surface area contributed by atoms with Crippen LogP contribution in [-0.2, 0) is 28.7 Å². The van der Waals surface area contributed by atoms with Crippen LogP contribution in [0.1, 0.15) is 206 Å². The molecule has 0 unspecified atom stereocenters. The van der Waals surface area contributed by atoms with Gasteiger partial charge in [-0.1, -0.05) is 101 Å². The van der Waals surface area contributed by atoms with Gasteiger partial charge in [-0.25, -0.2) is 0 Å². The summed E-state index contributed by atoms with van der Waals surface area (Å²) in [5.41, 5.74) is -0.193. The Hall–Kier alpha value is -2.53. The van der Waals surface area contributed by atoms with Crippen LogP contribution >= 0.6 is 0 Å². The maximum atomic E-state index is 14.5. The summed E-state index contributed by atoms with van der Waals surface area (Å²) in [4.78, 5) is 69.0. The van der Waals surface area contributed by atoms with E-state index in [0.717, 1.165) is 51.4 Å². The summed E-state index contributed by atoms with van der Waals surface area (Å²) in [6.45, 7) is 28.9. The number of aliphatic hydroxyl groups excluding tert-OH is 3. The lowest BCUT2D eigenvalue weighted by Gasteiger charge is -2.61. The third-order valence-corrected chi connectivity index (χ3v) is 24.0. The van der Waals surface area contributed by atoms with Gasteiger partial charge in [-0.3, -0.25) is 24.0 Å². The van der Waals surface area contributed by atoms with Crippen LogP contribution in [0, 0.1) is 84.7 Å². The number of Topliss-reactive ketones (excluding diaryl/α,β-unsaturated/α-hetero) is 4. The maximum Gasteiger partial charge on any atom is 0.309 e. The van der Waals surface area contributed by atoms with E-state index < -0.39 is 64.1 Å². The minimum absolute atomic E-state index is 0.0597. The Morgan fingerprint density at radius 3 is 2.04 bits per heavy atom. The Labute approximate surface area is 420 Å². The number of carbonyl (C=O) groups is 5. The fourth-order valence-electron chi connectivity index (χ4n) is 18.9. The Morgan fingerprint density at radius 2 is 1.37 bits per heavy atom. The first-order valence-electron chi connectivity index (χ1n) is 27.7. The van der Waals surface area contributed by atoms with Crippen molar-refractivity contribution in [3.63, 3.8) is 0 Å². The molecule has 4 fully saturated rings. The number of esters is 1. The van der Waals surface area contributed by atoms with Gasteiger partial charge in [0.2, 0.25) is 0 Å². The molecule has 0 heterocycles. The summed E-state index contributed by atoms with van der Waals surface area (Å²) < 4.78 is 5.62. The Kier molecular flexibility index (Phi) is 13.5. The van der Waals surface area contributed by atoms with Gasteiger partial charge in [0.1, 0.15) is 23.8 Å². The molecule has 8 aliphatic carbocycles. The molecule has 0 aromatic rings. The van der Waals surface area contributed by atoms with E-state index in [1.807, 2.05) is 34.6 Å². The van der Waals surface area contributed by atoms with Crippen molar-refractivity contribution >= 4 is 29.1 Å². The molecular formula is C60H92O10. The minimum atomic E-state index is -1.68. The molecule has 10 nitrogen and oxygen atoms in total. The smallest absolute Gasteiger partial charge is 0.309 e. The van der Waals surface area contributed by atoms with Gasteiger partial charge in [0.15, 0.2) is 11.6 Å². The lowest BCUT2D eigenvalue weighted by Crippen LogP contribution is -2.60. The van der Waals surface area contributed by atoms with E-state index in [9.17, 15) is 44.4 Å². The number of rotatable bonds is 13. The molecule has 0 aromatic carbocycles. The standard InChI is InChI=1S/C60H92O10/c1-33(37-19-25-57(11)39-16-17-43-52(4,5)45(64)21-23-54(43,8)38(39)20-26-56(37,57)10)15-18-47(66)59(13,69)32-70-51(68)35(3)28-36(61)27-34(2)40-29-48(67)60(14)50-41(62)30-44-53(6,7)46(65)22-24-55(44,9)49(50)42(63)31-58(40,60)12/h33-35,37,40,43-44,46-48,65-67,69H,15-32H2,1-14H3/t33-,34-,35+,37-,40-,43+,44+,46-,47+,48-,54-,55+,56-,57+,58-,59-,60+/m1/s1. The number of fused-ring (bicyclic) bond motifs is 8. The number of carbonyl (C=O) groups excluding carboxylic acids is 5. The fraction of sp³-hybridized carbons (Fsp3) is 0.850. The molecule has 0 amide bonds. The lowest BCUT2D eigenvalue weighted by molar-refractivity contribution is -0.163. The van der Waals surface area contributed by atoms with E-state index in [2.05, 4.69) is 48.5 Å². The van der Waals surface area contributed by atoms with Crippen LogP contribution in [0.3, 0.4) is 0 Å². The average molecular weight is 973 g/mol. The first kappa shape index (κ1) is 53.8. The fourth-order valence-corrected chi connectivity index (χ4v) is 18.9. The summed E-state index contributed by atoms with van der Waals surface area (Å²) in [5, 5.41) is 45.8. The van der Waals surface area contributed by atoms with Crippen molar-refractivity contribution in [3.8, 4) is 0 Å². The van der Waals surface area contributed by atoms with Crippen molar-refractivity contribution in [1.82, 2.24) is 0 Å². The van der Waals surface area contributed by atoms with Crippen molar-refractivity contribution in [2.75, 3.05) is 6.61 Å². The van der Waals surface area contributed by atoms with Crippen LogP contribution in [0.25, 0.3) is 0 Å². The molecule has 8 aliphatic rings. The zero-order valence-electron chi connectivity index (χ0n) is 45.7. The molecule has 0 spiro atoms. The molecular weight excluding hydrogens is 881 g/mol. The molecule has 0 aliphatic heterocycles. The zero-order valence-corrected chi connectivity index (χ0v) is 45.7. The largest absolute Gasteiger partial charge is 0.462 e. The predicted molar refractivity (Wildman–Crippen MR) is 270 cm³/mol. The molecule has 0 aromatic heterocycles. The third-order valence-electron chi connectivity index (χ3n) is 24.0. The van der Waals surface area contributed by atoms with Crippen LogP contribution in [0.4, 0.5) is 0 Å². The van der Waals surface area contributed by atoms with Crippen molar-refractivity contribution in [1.29, 1.82) is 0 Å². The predicted octanol–water partition coefficient (Wildman–Crippen LogP) is 10.4. The summed E-state index contributed by atoms with van der Waals surface area (Å²) >= 11 is 0. The molecule has 4 saturated carbocycles. The Balaban J connectivity index is 0.844. The number of hydrogen-bond donors (Lipinski definition) is 4. The van der Waals surface area contributed by atoms with Gasteiger partial charge in [0, 0.05) is 59.5 Å². The molecule has 392 valence electrons. The van der Waals surface area contributed by atoms with Crippen molar-refractivity contribution in [2.45, 2.75) is 230 Å². The zero-order chi connectivity index (χ0) is 51.9. The molecule has 4 N–H and O–H groups in total. The van der Waals surface area contributed by atoms with E-state index in [1.165, 1.54) is 6.92 Å². The van der Waals surface area contributed by atoms with Crippen LogP contribution in [0.2, 0.25) is 0 Å². The number of allylic oxidation sites excluding steroid dienone is 3. The van der Waals surface area contributed by atoms with Gasteiger partial charge < -0.3 is 25.2 Å². The van der Waals surface area contributed by atoms with Crippen LogP contribution in [0.15, 0.2) is 22.3 Å². The average Bonchev–Trinajstić information content (AvgIpc) is 3.67. The van der Waals surface area contributed by atoms with Crippen molar-refractivity contribution in [3.05, 3.63) is 22.3 Å². The number of ketones is 4. The van der Waals surface area contributed by atoms with Gasteiger partial charge >= 0.3 is 5.97 Å². The highest BCUT2D eigenvalue weighted by atomic mass is 16.5. The molecule has 17 atom stereocenters. The lowest BCUT2D eigenvalue weighted by atomic mass is 9.42. The summed E-state index contributed by atoms with van der Waals surface area (Å²) in [6, 6.07) is 0. The van der Waals surface area contributed by atoms with Crippen molar-refractivity contribution in [2.24, 2.45) is 84.7 Å². The number of aliphatic hydroxyl groups is 4. The van der Waals surface area contributed by atoms with E-state index in [-0.39, 0.29) is 82.4 Å². The van der Waals surface area contributed by atoms with E-state index in [0.29, 0.717) is 66.8 Å².